The molecule has 0 aliphatic heterocycles. The van der Waals surface area contributed by atoms with E-state index in [0.717, 1.165) is 0 Å². The second-order valence-electron chi connectivity index (χ2n) is 11.7. The molecule has 0 atom stereocenters. The third-order valence-electron chi connectivity index (χ3n) is 5.01. The molecule has 0 aromatic heterocycles. The summed E-state index contributed by atoms with van der Waals surface area (Å²) >= 11 is 0. The molecular weight excluding hydrogens is 438 g/mol. The van der Waals surface area contributed by atoms with E-state index in [2.05, 4.69) is 16.0 Å². The molecular formula is C25H47N3O6. The van der Waals surface area contributed by atoms with Gasteiger partial charge < -0.3 is 25.4 Å². The fraction of sp³-hybridized carbons (Fsp3) is 0.840. The molecule has 198 valence electrons. The van der Waals surface area contributed by atoms with E-state index in [-0.39, 0.29) is 37.0 Å². The van der Waals surface area contributed by atoms with Gasteiger partial charge in [0.05, 0.1) is 6.61 Å². The number of esters is 1. The molecule has 0 spiro atoms. The van der Waals surface area contributed by atoms with Crippen molar-refractivity contribution in [1.29, 1.82) is 0 Å². The van der Waals surface area contributed by atoms with Crippen LogP contribution in [-0.2, 0) is 23.9 Å². The van der Waals surface area contributed by atoms with Gasteiger partial charge in [-0.3, -0.25) is 14.4 Å². The number of nitrogens with one attached hydrogen (secondary N) is 3. The Hall–Kier alpha value is -2.32. The van der Waals surface area contributed by atoms with Crippen LogP contribution in [0.4, 0.5) is 4.79 Å². The number of hydrogen-bond acceptors (Lipinski definition) is 6. The second-order valence-corrected chi connectivity index (χ2v) is 11.7. The summed E-state index contributed by atoms with van der Waals surface area (Å²) in [4.78, 5) is 48.5. The SMILES string of the molecule is CCOC(=O)CCC(C)(C)NC(=O)CCC(C)(C)NC(=O)CCC(C)(C)NC(=O)OC(C)(C)C. The molecule has 0 rings (SSSR count). The standard InChI is InChI=1S/C25H47N3O6/c1-11-33-20(31)14-17-24(7,8)27-18(29)12-15-23(5,6)26-19(30)13-16-25(9,10)28-21(32)34-22(2,3)4/h11-17H2,1-10H3,(H,26,30)(H,27,29)(H,28,32). The van der Waals surface area contributed by atoms with Gasteiger partial charge in [0.15, 0.2) is 0 Å². The first kappa shape index (κ1) is 31.7. The minimum absolute atomic E-state index is 0.140. The van der Waals surface area contributed by atoms with Crippen molar-refractivity contribution in [3.05, 3.63) is 0 Å². The van der Waals surface area contributed by atoms with E-state index in [9.17, 15) is 19.2 Å². The van der Waals surface area contributed by atoms with Gasteiger partial charge in [0.2, 0.25) is 11.8 Å². The largest absolute Gasteiger partial charge is 0.466 e. The molecule has 0 bridgehead atoms. The zero-order chi connectivity index (χ0) is 26.8. The van der Waals surface area contributed by atoms with Crippen LogP contribution in [-0.4, -0.2) is 52.7 Å². The van der Waals surface area contributed by atoms with Crippen LogP contribution in [0.3, 0.4) is 0 Å². The summed E-state index contributed by atoms with van der Waals surface area (Å²) in [6.45, 7) is 18.6. The molecule has 0 aliphatic rings. The number of carbonyl (C=O) groups excluding carboxylic acids is 4. The van der Waals surface area contributed by atoms with Gasteiger partial charge in [-0.05, 0) is 88.5 Å². The number of carbonyl (C=O) groups is 4. The van der Waals surface area contributed by atoms with Gasteiger partial charge in [-0.15, -0.1) is 0 Å². The van der Waals surface area contributed by atoms with Crippen LogP contribution >= 0.6 is 0 Å². The fourth-order valence-electron chi connectivity index (χ4n) is 3.15. The van der Waals surface area contributed by atoms with Crippen LogP contribution in [0.15, 0.2) is 0 Å². The van der Waals surface area contributed by atoms with Gasteiger partial charge in [0.25, 0.3) is 0 Å². The number of amides is 3. The van der Waals surface area contributed by atoms with E-state index < -0.39 is 28.3 Å². The maximum absolute atomic E-state index is 12.5. The van der Waals surface area contributed by atoms with Crippen molar-refractivity contribution in [1.82, 2.24) is 16.0 Å². The van der Waals surface area contributed by atoms with Gasteiger partial charge in [-0.1, -0.05) is 0 Å². The first-order valence-corrected chi connectivity index (χ1v) is 12.0. The summed E-state index contributed by atoms with van der Waals surface area (Å²) in [7, 11) is 0. The maximum atomic E-state index is 12.5. The topological polar surface area (TPSA) is 123 Å². The average molecular weight is 486 g/mol. The fourth-order valence-corrected chi connectivity index (χ4v) is 3.15. The van der Waals surface area contributed by atoms with Crippen molar-refractivity contribution < 1.29 is 28.7 Å². The van der Waals surface area contributed by atoms with Gasteiger partial charge in [0.1, 0.15) is 5.60 Å². The Labute approximate surface area is 205 Å². The predicted octanol–water partition coefficient (Wildman–Crippen LogP) is 3.98. The van der Waals surface area contributed by atoms with E-state index in [1.807, 2.05) is 41.5 Å². The predicted molar refractivity (Wildman–Crippen MR) is 132 cm³/mol. The minimum Gasteiger partial charge on any atom is -0.466 e. The lowest BCUT2D eigenvalue weighted by Crippen LogP contribution is -2.48. The highest BCUT2D eigenvalue weighted by atomic mass is 16.6. The van der Waals surface area contributed by atoms with Gasteiger partial charge in [0, 0.05) is 35.9 Å². The van der Waals surface area contributed by atoms with Crippen LogP contribution in [0, 0.1) is 0 Å². The number of rotatable bonds is 13. The lowest BCUT2D eigenvalue weighted by atomic mass is 9.94. The molecule has 0 saturated heterocycles. The minimum atomic E-state index is -0.612. The summed E-state index contributed by atoms with van der Waals surface area (Å²) in [5, 5.41) is 8.71. The summed E-state index contributed by atoms with van der Waals surface area (Å²) in [6, 6.07) is 0. The van der Waals surface area contributed by atoms with E-state index in [4.69, 9.17) is 9.47 Å². The Morgan fingerprint density at radius 2 is 1.00 bits per heavy atom. The van der Waals surface area contributed by atoms with Crippen molar-refractivity contribution in [2.75, 3.05) is 6.61 Å². The summed E-state index contributed by atoms with van der Waals surface area (Å²) in [5.41, 5.74) is -2.32. The Morgan fingerprint density at radius 1 is 0.618 bits per heavy atom. The highest BCUT2D eigenvalue weighted by Gasteiger charge is 2.28. The van der Waals surface area contributed by atoms with Crippen molar-refractivity contribution >= 4 is 23.9 Å². The van der Waals surface area contributed by atoms with Crippen LogP contribution in [0.25, 0.3) is 0 Å². The first-order chi connectivity index (χ1) is 15.3. The summed E-state index contributed by atoms with van der Waals surface area (Å²) in [5.74, 6) is -0.573. The summed E-state index contributed by atoms with van der Waals surface area (Å²) < 4.78 is 10.2. The van der Waals surface area contributed by atoms with Crippen molar-refractivity contribution in [3.63, 3.8) is 0 Å². The van der Waals surface area contributed by atoms with Crippen LogP contribution in [0.1, 0.15) is 108 Å². The summed E-state index contributed by atoms with van der Waals surface area (Å²) in [6.07, 6.45) is 1.55. The lowest BCUT2D eigenvalue weighted by molar-refractivity contribution is -0.143. The molecule has 3 amide bonds. The molecule has 0 heterocycles. The monoisotopic (exact) mass is 485 g/mol. The average Bonchev–Trinajstić information content (AvgIpc) is 2.61. The molecule has 3 N–H and O–H groups in total. The third kappa shape index (κ3) is 16.3. The van der Waals surface area contributed by atoms with Crippen LogP contribution in [0.5, 0.6) is 0 Å². The molecule has 34 heavy (non-hydrogen) atoms. The van der Waals surface area contributed by atoms with Gasteiger partial charge in [-0.2, -0.15) is 0 Å². The molecule has 0 saturated carbocycles. The molecule has 9 nitrogen and oxygen atoms in total. The number of hydrogen-bond donors (Lipinski definition) is 3. The molecule has 9 heteroatoms. The zero-order valence-electron chi connectivity index (χ0n) is 22.9. The number of alkyl carbamates (subject to hydrolysis) is 1. The maximum Gasteiger partial charge on any atom is 0.408 e. The molecule has 0 aromatic rings. The Bertz CT molecular complexity index is 708. The van der Waals surface area contributed by atoms with Gasteiger partial charge >= 0.3 is 12.1 Å². The van der Waals surface area contributed by atoms with E-state index in [1.165, 1.54) is 0 Å². The van der Waals surface area contributed by atoms with Crippen molar-refractivity contribution in [2.24, 2.45) is 0 Å². The van der Waals surface area contributed by atoms with Crippen molar-refractivity contribution in [3.8, 4) is 0 Å². The first-order valence-electron chi connectivity index (χ1n) is 12.0. The molecule has 0 aromatic carbocycles. The normalized spacial score (nSPS) is 12.5. The highest BCUT2D eigenvalue weighted by Crippen LogP contribution is 2.17. The molecule has 0 fully saturated rings. The van der Waals surface area contributed by atoms with Crippen molar-refractivity contribution in [2.45, 2.75) is 130 Å². The lowest BCUT2D eigenvalue weighted by Gasteiger charge is -2.30. The zero-order valence-corrected chi connectivity index (χ0v) is 22.9. The van der Waals surface area contributed by atoms with E-state index >= 15 is 0 Å². The Balaban J connectivity index is 4.50. The molecule has 0 unspecified atom stereocenters. The Morgan fingerprint density at radius 3 is 1.38 bits per heavy atom. The quantitative estimate of drug-likeness (QED) is 0.339. The third-order valence-corrected chi connectivity index (χ3v) is 5.01. The Kier molecular flexibility index (Phi) is 12.1. The van der Waals surface area contributed by atoms with E-state index in [1.54, 1.807) is 27.7 Å². The molecule has 0 radical (unpaired) electrons. The smallest absolute Gasteiger partial charge is 0.408 e. The second kappa shape index (κ2) is 13.0. The van der Waals surface area contributed by atoms with Crippen LogP contribution in [0.2, 0.25) is 0 Å². The van der Waals surface area contributed by atoms with Gasteiger partial charge in [-0.25, -0.2) is 4.79 Å². The number of ether oxygens (including phenoxy) is 2. The van der Waals surface area contributed by atoms with Crippen LogP contribution < -0.4 is 16.0 Å². The highest BCUT2D eigenvalue weighted by molar-refractivity contribution is 5.78. The van der Waals surface area contributed by atoms with E-state index in [0.29, 0.717) is 25.9 Å². The molecule has 0 aliphatic carbocycles.